The highest BCUT2D eigenvalue weighted by Gasteiger charge is 2.44. The average Bonchev–Trinajstić information content (AvgIpc) is 3.25. The molecule has 1 aliphatic rings. The van der Waals surface area contributed by atoms with Crippen molar-refractivity contribution in [3.8, 4) is 0 Å². The minimum absolute atomic E-state index is 0.0513. The fourth-order valence-corrected chi connectivity index (χ4v) is 2.54. The van der Waals surface area contributed by atoms with Crippen LogP contribution in [0.25, 0.3) is 0 Å². The Morgan fingerprint density at radius 1 is 1.26 bits per heavy atom. The number of carbonyl (C=O) groups is 1. The van der Waals surface area contributed by atoms with Gasteiger partial charge in [0, 0.05) is 18.0 Å². The number of alkyl halides is 3. The summed E-state index contributed by atoms with van der Waals surface area (Å²) >= 11 is 0. The molecule has 1 aliphatic carbocycles. The first-order chi connectivity index (χ1) is 10.9. The summed E-state index contributed by atoms with van der Waals surface area (Å²) < 4.78 is 39.1. The molecule has 3 N–H and O–H groups in total. The number of nitrogens with two attached hydrogens (primary N) is 1. The summed E-state index contributed by atoms with van der Waals surface area (Å²) in [6.07, 6.45) is -2.63. The maximum absolute atomic E-state index is 13.0. The van der Waals surface area contributed by atoms with Gasteiger partial charge in [0.25, 0.3) is 5.91 Å². The van der Waals surface area contributed by atoms with Crippen LogP contribution in [0, 0.1) is 0 Å². The predicted octanol–water partition coefficient (Wildman–Crippen LogP) is 2.56. The molecule has 1 aromatic carbocycles. The molecule has 2 aromatic rings. The monoisotopic (exact) mass is 322 g/mol. The number of nitrogens with zero attached hydrogens (tertiary/aromatic N) is 2. The molecule has 1 amide bonds. The van der Waals surface area contributed by atoms with Crippen LogP contribution in [0.1, 0.15) is 34.0 Å². The number of nitrogens with one attached hydrogen (secondary N) is 1. The zero-order valence-electron chi connectivity index (χ0n) is 11.8. The zero-order valence-corrected chi connectivity index (χ0v) is 11.8. The quantitative estimate of drug-likeness (QED) is 0.906. The van der Waals surface area contributed by atoms with E-state index < -0.39 is 17.6 Å². The third kappa shape index (κ3) is 3.25. The molecular formula is C15H13F3N4O. The zero-order chi connectivity index (χ0) is 16.6. The lowest BCUT2D eigenvalue weighted by molar-refractivity contribution is -0.138. The number of aromatic nitrogens is 2. The molecule has 2 atom stereocenters. The summed E-state index contributed by atoms with van der Waals surface area (Å²) in [5, 5.41) is 3.01. The highest BCUT2D eigenvalue weighted by molar-refractivity contribution is 5.91. The van der Waals surface area contributed by atoms with Crippen LogP contribution in [0.2, 0.25) is 0 Å². The van der Waals surface area contributed by atoms with E-state index in [-0.39, 0.29) is 23.2 Å². The molecule has 1 heterocycles. The number of anilines is 1. The minimum atomic E-state index is -4.38. The van der Waals surface area contributed by atoms with Crippen molar-refractivity contribution in [1.82, 2.24) is 9.97 Å². The topological polar surface area (TPSA) is 80.9 Å². The summed E-state index contributed by atoms with van der Waals surface area (Å²) in [4.78, 5) is 18.7. The molecule has 1 saturated carbocycles. The third-order valence-corrected chi connectivity index (χ3v) is 3.71. The molecule has 0 saturated heterocycles. The fourth-order valence-electron chi connectivity index (χ4n) is 2.54. The number of benzene rings is 1. The summed E-state index contributed by atoms with van der Waals surface area (Å²) in [5.74, 6) is -0.573. The molecule has 120 valence electrons. The molecule has 0 unspecified atom stereocenters. The second kappa shape index (κ2) is 5.53. The maximum Gasteiger partial charge on any atom is 0.416 e. The Balaban J connectivity index is 1.76. The fraction of sp³-hybridized carbons (Fsp3) is 0.267. The van der Waals surface area contributed by atoms with Crippen LogP contribution in [-0.4, -0.2) is 21.9 Å². The first-order valence-corrected chi connectivity index (χ1v) is 6.91. The molecule has 0 bridgehead atoms. The van der Waals surface area contributed by atoms with Crippen molar-refractivity contribution in [1.29, 1.82) is 0 Å². The third-order valence-electron chi connectivity index (χ3n) is 3.71. The van der Waals surface area contributed by atoms with E-state index in [0.717, 1.165) is 6.07 Å². The van der Waals surface area contributed by atoms with E-state index in [1.807, 2.05) is 0 Å². The number of hydrogen-bond acceptors (Lipinski definition) is 4. The largest absolute Gasteiger partial charge is 0.416 e. The Morgan fingerprint density at radius 2 is 2.00 bits per heavy atom. The molecule has 0 spiro atoms. The van der Waals surface area contributed by atoms with Crippen molar-refractivity contribution >= 4 is 11.7 Å². The second-order valence-corrected chi connectivity index (χ2v) is 5.33. The standard InChI is InChI=1S/C15H13F3N4O/c16-15(17,18)10-4-2-1-3-8(10)9-5-11(9)22-13-6-12(14(19)23)20-7-21-13/h1-4,6-7,9,11H,5H2,(H2,19,23)(H,20,21,22)/t9-,11+/m0/s1. The molecule has 23 heavy (non-hydrogen) atoms. The Bertz CT molecular complexity index is 747. The van der Waals surface area contributed by atoms with Gasteiger partial charge in [-0.25, -0.2) is 9.97 Å². The smallest absolute Gasteiger partial charge is 0.367 e. The van der Waals surface area contributed by atoms with Gasteiger partial charge in [0.05, 0.1) is 5.56 Å². The van der Waals surface area contributed by atoms with Crippen LogP contribution in [0.15, 0.2) is 36.7 Å². The Labute approximate surface area is 129 Å². The molecule has 8 heteroatoms. The lowest BCUT2D eigenvalue weighted by Gasteiger charge is -2.12. The van der Waals surface area contributed by atoms with Gasteiger partial charge in [-0.1, -0.05) is 18.2 Å². The van der Waals surface area contributed by atoms with E-state index in [4.69, 9.17) is 5.73 Å². The lowest BCUT2D eigenvalue weighted by atomic mass is 10.0. The molecule has 3 rings (SSSR count). The van der Waals surface area contributed by atoms with Crippen molar-refractivity contribution in [3.05, 3.63) is 53.5 Å². The second-order valence-electron chi connectivity index (χ2n) is 5.33. The van der Waals surface area contributed by atoms with Crippen LogP contribution in [0.4, 0.5) is 19.0 Å². The highest BCUT2D eigenvalue weighted by Crippen LogP contribution is 2.47. The summed E-state index contributed by atoms with van der Waals surface area (Å²) in [7, 11) is 0. The predicted molar refractivity (Wildman–Crippen MR) is 76.8 cm³/mol. The number of amides is 1. The van der Waals surface area contributed by atoms with Crippen LogP contribution in [0.3, 0.4) is 0 Å². The number of carbonyl (C=O) groups excluding carboxylic acids is 1. The van der Waals surface area contributed by atoms with Gasteiger partial charge in [0.2, 0.25) is 0 Å². The van der Waals surface area contributed by atoms with Crippen LogP contribution in [-0.2, 0) is 6.18 Å². The van der Waals surface area contributed by atoms with Crippen molar-refractivity contribution < 1.29 is 18.0 Å². The van der Waals surface area contributed by atoms with Crippen LogP contribution < -0.4 is 11.1 Å². The van der Waals surface area contributed by atoms with Gasteiger partial charge in [-0.15, -0.1) is 0 Å². The van der Waals surface area contributed by atoms with Gasteiger partial charge in [-0.2, -0.15) is 13.2 Å². The Morgan fingerprint density at radius 3 is 2.70 bits per heavy atom. The van der Waals surface area contributed by atoms with Crippen LogP contribution in [0.5, 0.6) is 0 Å². The summed E-state index contributed by atoms with van der Waals surface area (Å²) in [5.41, 5.74) is 4.83. The van der Waals surface area contributed by atoms with Gasteiger partial charge >= 0.3 is 6.18 Å². The van der Waals surface area contributed by atoms with Crippen molar-refractivity contribution in [2.45, 2.75) is 24.6 Å². The van der Waals surface area contributed by atoms with Gasteiger partial charge in [0.15, 0.2) is 0 Å². The molecule has 1 fully saturated rings. The van der Waals surface area contributed by atoms with Crippen LogP contribution >= 0.6 is 0 Å². The molecule has 5 nitrogen and oxygen atoms in total. The maximum atomic E-state index is 13.0. The normalized spacial score (nSPS) is 20.1. The van der Waals surface area contributed by atoms with Gasteiger partial charge in [-0.05, 0) is 18.1 Å². The van der Waals surface area contributed by atoms with E-state index in [1.165, 1.54) is 24.5 Å². The van der Waals surface area contributed by atoms with E-state index in [9.17, 15) is 18.0 Å². The number of hydrogen-bond donors (Lipinski definition) is 2. The molecule has 1 aromatic heterocycles. The molecule has 0 radical (unpaired) electrons. The number of primary amides is 1. The highest BCUT2D eigenvalue weighted by atomic mass is 19.4. The Hall–Kier alpha value is -2.64. The Kier molecular flexibility index (Phi) is 3.67. The van der Waals surface area contributed by atoms with E-state index >= 15 is 0 Å². The SMILES string of the molecule is NC(=O)c1cc(N[C@@H]2C[C@H]2c2ccccc2C(F)(F)F)ncn1. The van der Waals surface area contributed by atoms with E-state index in [0.29, 0.717) is 12.2 Å². The number of rotatable bonds is 4. The lowest BCUT2D eigenvalue weighted by Crippen LogP contribution is -2.15. The van der Waals surface area contributed by atoms with E-state index in [1.54, 1.807) is 6.07 Å². The van der Waals surface area contributed by atoms with Crippen molar-refractivity contribution in [3.63, 3.8) is 0 Å². The molecule has 0 aliphatic heterocycles. The van der Waals surface area contributed by atoms with Crippen molar-refractivity contribution in [2.24, 2.45) is 5.73 Å². The average molecular weight is 322 g/mol. The minimum Gasteiger partial charge on any atom is -0.367 e. The summed E-state index contributed by atoms with van der Waals surface area (Å²) in [6.45, 7) is 0. The molecular weight excluding hydrogens is 309 g/mol. The first-order valence-electron chi connectivity index (χ1n) is 6.91. The van der Waals surface area contributed by atoms with Gasteiger partial charge in [0.1, 0.15) is 17.8 Å². The number of halogens is 3. The first kappa shape index (κ1) is 15.3. The summed E-state index contributed by atoms with van der Waals surface area (Å²) in [6, 6.07) is 6.75. The van der Waals surface area contributed by atoms with Crippen molar-refractivity contribution in [2.75, 3.05) is 5.32 Å². The van der Waals surface area contributed by atoms with Gasteiger partial charge in [-0.3, -0.25) is 4.79 Å². The van der Waals surface area contributed by atoms with Gasteiger partial charge < -0.3 is 11.1 Å². The van der Waals surface area contributed by atoms with E-state index in [2.05, 4.69) is 15.3 Å².